The van der Waals surface area contributed by atoms with Crippen LogP contribution in [-0.2, 0) is 6.54 Å². The van der Waals surface area contributed by atoms with Crippen LogP contribution in [0.15, 0.2) is 33.6 Å². The maximum absolute atomic E-state index is 11.7. The molecule has 2 heterocycles. The number of aromatic carboxylic acids is 1. The number of carboxylic acid groups (broad SMARTS) is 1. The molecular formula is C13H13NO4. The van der Waals surface area contributed by atoms with Crippen molar-refractivity contribution in [3.8, 4) is 0 Å². The van der Waals surface area contributed by atoms with Crippen molar-refractivity contribution in [1.82, 2.24) is 4.57 Å². The number of carbonyl (C=O) groups is 1. The zero-order valence-corrected chi connectivity index (χ0v) is 10.1. The number of aryl methyl sites for hydroxylation is 2. The lowest BCUT2D eigenvalue weighted by Crippen LogP contribution is -2.19. The Kier molecular flexibility index (Phi) is 3.06. The fraction of sp³-hybridized carbons (Fsp3) is 0.231. The number of hydrogen-bond acceptors (Lipinski definition) is 3. The van der Waals surface area contributed by atoms with Crippen molar-refractivity contribution in [2.45, 2.75) is 20.4 Å². The quantitative estimate of drug-likeness (QED) is 0.897. The lowest BCUT2D eigenvalue weighted by atomic mass is 10.2. The van der Waals surface area contributed by atoms with Gasteiger partial charge in [-0.3, -0.25) is 4.79 Å². The number of carboxylic acids is 1. The van der Waals surface area contributed by atoms with Crippen LogP contribution in [0.5, 0.6) is 0 Å². The maximum atomic E-state index is 11.7. The second kappa shape index (κ2) is 4.52. The van der Waals surface area contributed by atoms with E-state index in [1.165, 1.54) is 16.7 Å². The Morgan fingerprint density at radius 2 is 2.11 bits per heavy atom. The smallest absolute Gasteiger partial charge is 0.371 e. The van der Waals surface area contributed by atoms with Crippen molar-refractivity contribution >= 4 is 5.97 Å². The highest BCUT2D eigenvalue weighted by atomic mass is 16.4. The van der Waals surface area contributed by atoms with Crippen molar-refractivity contribution in [2.75, 3.05) is 0 Å². The van der Waals surface area contributed by atoms with E-state index in [0.717, 1.165) is 5.56 Å². The van der Waals surface area contributed by atoms with E-state index in [2.05, 4.69) is 0 Å². The Morgan fingerprint density at radius 3 is 2.67 bits per heavy atom. The standard InChI is InChI=1S/C13H13NO4/c1-8-3-4-14(12(15)5-8)7-10-6-11(13(16)17)18-9(10)2/h3-6H,7H2,1-2H3,(H,16,17). The summed E-state index contributed by atoms with van der Waals surface area (Å²) in [6.07, 6.45) is 1.69. The number of nitrogens with zero attached hydrogens (tertiary/aromatic N) is 1. The molecule has 18 heavy (non-hydrogen) atoms. The molecule has 0 spiro atoms. The van der Waals surface area contributed by atoms with Gasteiger partial charge < -0.3 is 14.1 Å². The molecule has 5 nitrogen and oxygen atoms in total. The van der Waals surface area contributed by atoms with Gasteiger partial charge in [-0.1, -0.05) is 0 Å². The van der Waals surface area contributed by atoms with E-state index < -0.39 is 5.97 Å². The molecule has 2 rings (SSSR count). The minimum atomic E-state index is -1.11. The number of pyridine rings is 1. The fourth-order valence-electron chi connectivity index (χ4n) is 1.70. The Hall–Kier alpha value is -2.30. The van der Waals surface area contributed by atoms with E-state index in [1.807, 2.05) is 13.0 Å². The minimum Gasteiger partial charge on any atom is -0.475 e. The summed E-state index contributed by atoms with van der Waals surface area (Å²) in [5, 5.41) is 8.82. The Balaban J connectivity index is 2.34. The van der Waals surface area contributed by atoms with Crippen molar-refractivity contribution in [3.05, 3.63) is 57.4 Å². The van der Waals surface area contributed by atoms with Crippen LogP contribution in [0, 0.1) is 13.8 Å². The molecule has 0 fully saturated rings. The molecule has 0 radical (unpaired) electrons. The normalized spacial score (nSPS) is 10.6. The molecular weight excluding hydrogens is 234 g/mol. The van der Waals surface area contributed by atoms with Crippen LogP contribution in [-0.4, -0.2) is 15.6 Å². The van der Waals surface area contributed by atoms with Crippen molar-refractivity contribution < 1.29 is 14.3 Å². The lowest BCUT2D eigenvalue weighted by molar-refractivity contribution is 0.0661. The van der Waals surface area contributed by atoms with Gasteiger partial charge in [0.2, 0.25) is 5.76 Å². The van der Waals surface area contributed by atoms with Gasteiger partial charge in [0.15, 0.2) is 0 Å². The Bertz CT molecular complexity index is 651. The largest absolute Gasteiger partial charge is 0.475 e. The van der Waals surface area contributed by atoms with Crippen LogP contribution < -0.4 is 5.56 Å². The summed E-state index contributed by atoms with van der Waals surface area (Å²) >= 11 is 0. The predicted molar refractivity (Wildman–Crippen MR) is 64.9 cm³/mol. The molecule has 0 saturated carbocycles. The molecule has 5 heteroatoms. The molecule has 0 aliphatic heterocycles. The molecule has 0 unspecified atom stereocenters. The van der Waals surface area contributed by atoms with Crippen LogP contribution in [0.2, 0.25) is 0 Å². The minimum absolute atomic E-state index is 0.109. The number of furan rings is 1. The molecule has 0 aromatic carbocycles. The Labute approximate surface area is 103 Å². The van der Waals surface area contributed by atoms with Crippen molar-refractivity contribution in [2.24, 2.45) is 0 Å². The first kappa shape index (κ1) is 12.2. The van der Waals surface area contributed by atoms with Crippen molar-refractivity contribution in [3.63, 3.8) is 0 Å². The van der Waals surface area contributed by atoms with E-state index in [0.29, 0.717) is 17.9 Å². The Morgan fingerprint density at radius 1 is 1.39 bits per heavy atom. The summed E-state index contributed by atoms with van der Waals surface area (Å²) in [7, 11) is 0. The van der Waals surface area contributed by atoms with E-state index in [1.54, 1.807) is 13.1 Å². The van der Waals surface area contributed by atoms with Crippen LogP contribution in [0.25, 0.3) is 0 Å². The van der Waals surface area contributed by atoms with Gasteiger partial charge in [0.1, 0.15) is 5.76 Å². The molecule has 0 aliphatic carbocycles. The van der Waals surface area contributed by atoms with Gasteiger partial charge in [-0.2, -0.15) is 0 Å². The van der Waals surface area contributed by atoms with Gasteiger partial charge in [0, 0.05) is 17.8 Å². The first-order valence-electron chi connectivity index (χ1n) is 5.47. The van der Waals surface area contributed by atoms with Gasteiger partial charge >= 0.3 is 5.97 Å². The average Bonchev–Trinajstić information content (AvgIpc) is 2.64. The van der Waals surface area contributed by atoms with Gasteiger partial charge in [-0.05, 0) is 31.5 Å². The monoisotopic (exact) mass is 247 g/mol. The number of rotatable bonds is 3. The van der Waals surface area contributed by atoms with E-state index in [9.17, 15) is 9.59 Å². The van der Waals surface area contributed by atoms with Crippen LogP contribution >= 0.6 is 0 Å². The first-order valence-corrected chi connectivity index (χ1v) is 5.47. The molecule has 0 amide bonds. The highest BCUT2D eigenvalue weighted by Crippen LogP contribution is 2.15. The summed E-state index contributed by atoms with van der Waals surface area (Å²) in [5.41, 5.74) is 1.47. The van der Waals surface area contributed by atoms with Gasteiger partial charge in [0.05, 0.1) is 6.54 Å². The second-order valence-electron chi connectivity index (χ2n) is 4.17. The highest BCUT2D eigenvalue weighted by molar-refractivity contribution is 5.84. The topological polar surface area (TPSA) is 72.4 Å². The van der Waals surface area contributed by atoms with Crippen LogP contribution in [0.3, 0.4) is 0 Å². The molecule has 0 saturated heterocycles. The predicted octanol–water partition coefficient (Wildman–Crippen LogP) is 1.80. The lowest BCUT2D eigenvalue weighted by Gasteiger charge is -2.04. The summed E-state index contributed by atoms with van der Waals surface area (Å²) in [5.74, 6) is -0.705. The van der Waals surface area contributed by atoms with E-state index in [4.69, 9.17) is 9.52 Å². The SMILES string of the molecule is Cc1ccn(Cc2cc(C(=O)O)oc2C)c(=O)c1. The van der Waals surface area contributed by atoms with Crippen molar-refractivity contribution in [1.29, 1.82) is 0 Å². The third-order valence-corrected chi connectivity index (χ3v) is 2.72. The number of aromatic nitrogens is 1. The summed E-state index contributed by atoms with van der Waals surface area (Å²) in [6.45, 7) is 3.83. The van der Waals surface area contributed by atoms with Gasteiger partial charge in [0.25, 0.3) is 5.56 Å². The summed E-state index contributed by atoms with van der Waals surface area (Å²) in [4.78, 5) is 22.5. The molecule has 2 aromatic heterocycles. The molecule has 0 aliphatic rings. The fourth-order valence-corrected chi connectivity index (χ4v) is 1.70. The molecule has 1 N–H and O–H groups in total. The number of hydrogen-bond donors (Lipinski definition) is 1. The van der Waals surface area contributed by atoms with E-state index in [-0.39, 0.29) is 11.3 Å². The van der Waals surface area contributed by atoms with Crippen LogP contribution in [0.1, 0.15) is 27.4 Å². The summed E-state index contributed by atoms with van der Waals surface area (Å²) < 4.78 is 6.61. The van der Waals surface area contributed by atoms with Crippen LogP contribution in [0.4, 0.5) is 0 Å². The van der Waals surface area contributed by atoms with E-state index >= 15 is 0 Å². The molecule has 0 atom stereocenters. The zero-order chi connectivity index (χ0) is 13.3. The second-order valence-corrected chi connectivity index (χ2v) is 4.17. The maximum Gasteiger partial charge on any atom is 0.371 e. The molecule has 2 aromatic rings. The highest BCUT2D eigenvalue weighted by Gasteiger charge is 2.13. The average molecular weight is 247 g/mol. The third-order valence-electron chi connectivity index (χ3n) is 2.72. The third kappa shape index (κ3) is 2.34. The zero-order valence-electron chi connectivity index (χ0n) is 10.1. The molecule has 94 valence electrons. The van der Waals surface area contributed by atoms with Gasteiger partial charge in [-0.15, -0.1) is 0 Å². The van der Waals surface area contributed by atoms with Gasteiger partial charge in [-0.25, -0.2) is 4.79 Å². The summed E-state index contributed by atoms with van der Waals surface area (Å²) in [6, 6.07) is 4.81. The first-order chi connectivity index (χ1) is 8.47. The molecule has 0 bridgehead atoms.